The third-order valence-corrected chi connectivity index (χ3v) is 2.44. The molecule has 0 heterocycles. The van der Waals surface area contributed by atoms with Crippen molar-refractivity contribution < 1.29 is 0 Å². The summed E-state index contributed by atoms with van der Waals surface area (Å²) in [5.41, 5.74) is 14.2. The fourth-order valence-electron chi connectivity index (χ4n) is 1.54. The van der Waals surface area contributed by atoms with E-state index in [1.54, 1.807) is 0 Å². The van der Waals surface area contributed by atoms with E-state index in [1.807, 2.05) is 6.92 Å². The van der Waals surface area contributed by atoms with Gasteiger partial charge < -0.3 is 11.5 Å². The average molecular weight is 192 g/mol. The van der Waals surface area contributed by atoms with Gasteiger partial charge in [0.15, 0.2) is 0 Å². The lowest BCUT2D eigenvalue weighted by Gasteiger charge is -2.14. The molecule has 2 heteroatoms. The van der Waals surface area contributed by atoms with Gasteiger partial charge in [-0.1, -0.05) is 31.2 Å². The van der Waals surface area contributed by atoms with Crippen LogP contribution in [0.4, 0.5) is 0 Å². The topological polar surface area (TPSA) is 52.0 Å². The molecule has 0 bridgehead atoms. The molecule has 1 aromatic rings. The number of hydrogen-bond acceptors (Lipinski definition) is 2. The number of hydrogen-bond donors (Lipinski definition) is 2. The van der Waals surface area contributed by atoms with Crippen molar-refractivity contribution in [2.45, 2.75) is 38.8 Å². The van der Waals surface area contributed by atoms with Crippen LogP contribution in [0.3, 0.4) is 0 Å². The highest BCUT2D eigenvalue weighted by molar-refractivity contribution is 5.24. The van der Waals surface area contributed by atoms with Gasteiger partial charge in [-0.2, -0.15) is 0 Å². The van der Waals surface area contributed by atoms with E-state index in [0.717, 1.165) is 12.8 Å². The van der Waals surface area contributed by atoms with E-state index < -0.39 is 0 Å². The first-order chi connectivity index (χ1) is 6.63. The molecule has 2 unspecified atom stereocenters. The third kappa shape index (κ3) is 3.13. The van der Waals surface area contributed by atoms with Crippen molar-refractivity contribution >= 4 is 0 Å². The van der Waals surface area contributed by atoms with Crippen molar-refractivity contribution in [3.05, 3.63) is 35.4 Å². The van der Waals surface area contributed by atoms with Gasteiger partial charge in [0.2, 0.25) is 0 Å². The highest BCUT2D eigenvalue weighted by atomic mass is 14.7. The van der Waals surface area contributed by atoms with Crippen LogP contribution in [0.5, 0.6) is 0 Å². The maximum Gasteiger partial charge on any atom is 0.0309 e. The molecule has 2 atom stereocenters. The molecule has 0 fully saturated rings. The van der Waals surface area contributed by atoms with Gasteiger partial charge in [0.05, 0.1) is 0 Å². The summed E-state index contributed by atoms with van der Waals surface area (Å²) in [4.78, 5) is 0. The summed E-state index contributed by atoms with van der Waals surface area (Å²) in [5.74, 6) is 0. The zero-order chi connectivity index (χ0) is 10.6. The van der Waals surface area contributed by atoms with Crippen molar-refractivity contribution in [3.63, 3.8) is 0 Å². The Morgan fingerprint density at radius 2 is 1.71 bits per heavy atom. The second-order valence-electron chi connectivity index (χ2n) is 3.91. The summed E-state index contributed by atoms with van der Waals surface area (Å²) < 4.78 is 0. The molecule has 78 valence electrons. The summed E-state index contributed by atoms with van der Waals surface area (Å²) >= 11 is 0. The van der Waals surface area contributed by atoms with E-state index >= 15 is 0 Å². The van der Waals surface area contributed by atoms with Crippen LogP contribution < -0.4 is 11.5 Å². The molecule has 0 amide bonds. The minimum absolute atomic E-state index is 0.0703. The lowest BCUT2D eigenvalue weighted by molar-refractivity contribution is 0.568. The SMILES string of the molecule is CCc1ccc(C(N)CC(C)N)cc1. The molecule has 2 nitrogen and oxygen atoms in total. The maximum atomic E-state index is 6.01. The van der Waals surface area contributed by atoms with Crippen LogP contribution >= 0.6 is 0 Å². The number of nitrogens with two attached hydrogens (primary N) is 2. The van der Waals surface area contributed by atoms with E-state index in [1.165, 1.54) is 11.1 Å². The van der Waals surface area contributed by atoms with Crippen molar-refractivity contribution in [2.75, 3.05) is 0 Å². The zero-order valence-corrected chi connectivity index (χ0v) is 9.03. The molecule has 0 aliphatic heterocycles. The lowest BCUT2D eigenvalue weighted by atomic mass is 10.00. The molecule has 0 spiro atoms. The average Bonchev–Trinajstić information content (AvgIpc) is 2.17. The Hall–Kier alpha value is -0.860. The quantitative estimate of drug-likeness (QED) is 0.766. The van der Waals surface area contributed by atoms with Crippen LogP contribution in [0.15, 0.2) is 24.3 Å². The Labute approximate surface area is 86.3 Å². The van der Waals surface area contributed by atoms with Gasteiger partial charge in [-0.05, 0) is 30.9 Å². The predicted molar refractivity (Wildman–Crippen MR) is 61.0 cm³/mol. The fraction of sp³-hybridized carbons (Fsp3) is 0.500. The Bertz CT molecular complexity index is 264. The second kappa shape index (κ2) is 5.13. The molecule has 0 saturated heterocycles. The van der Waals surface area contributed by atoms with Gasteiger partial charge in [-0.25, -0.2) is 0 Å². The minimum atomic E-state index is 0.0703. The summed E-state index contributed by atoms with van der Waals surface area (Å²) in [6, 6.07) is 8.71. The van der Waals surface area contributed by atoms with Gasteiger partial charge in [0.25, 0.3) is 0 Å². The summed E-state index contributed by atoms with van der Waals surface area (Å²) in [7, 11) is 0. The summed E-state index contributed by atoms with van der Waals surface area (Å²) in [5, 5.41) is 0. The fourth-order valence-corrected chi connectivity index (χ4v) is 1.54. The van der Waals surface area contributed by atoms with Crippen molar-refractivity contribution in [3.8, 4) is 0 Å². The standard InChI is InChI=1S/C12H20N2/c1-3-10-4-6-11(7-5-10)12(14)8-9(2)13/h4-7,9,12H,3,8,13-14H2,1-2H3. The molecular formula is C12H20N2. The smallest absolute Gasteiger partial charge is 0.0309 e. The first-order valence-electron chi connectivity index (χ1n) is 5.23. The molecule has 0 aliphatic rings. The molecule has 0 saturated carbocycles. The second-order valence-corrected chi connectivity index (χ2v) is 3.91. The van der Waals surface area contributed by atoms with E-state index in [4.69, 9.17) is 11.5 Å². The molecule has 4 N–H and O–H groups in total. The third-order valence-electron chi connectivity index (χ3n) is 2.44. The van der Waals surface area contributed by atoms with E-state index in [2.05, 4.69) is 31.2 Å². The van der Waals surface area contributed by atoms with Gasteiger partial charge in [-0.3, -0.25) is 0 Å². The first kappa shape index (κ1) is 11.2. The monoisotopic (exact) mass is 192 g/mol. The van der Waals surface area contributed by atoms with Crippen LogP contribution in [0.25, 0.3) is 0 Å². The number of rotatable bonds is 4. The molecule has 1 rings (SSSR count). The number of benzene rings is 1. The molecule has 0 radical (unpaired) electrons. The highest BCUT2D eigenvalue weighted by Crippen LogP contribution is 2.16. The van der Waals surface area contributed by atoms with Gasteiger partial charge in [0, 0.05) is 12.1 Å². The molecule has 0 aromatic heterocycles. The number of aryl methyl sites for hydroxylation is 1. The van der Waals surface area contributed by atoms with E-state index in [9.17, 15) is 0 Å². The summed E-state index contributed by atoms with van der Waals surface area (Å²) in [6.07, 6.45) is 1.91. The Kier molecular flexibility index (Phi) is 4.11. The van der Waals surface area contributed by atoms with Crippen LogP contribution in [-0.4, -0.2) is 6.04 Å². The zero-order valence-electron chi connectivity index (χ0n) is 9.03. The molecule has 14 heavy (non-hydrogen) atoms. The largest absolute Gasteiger partial charge is 0.328 e. The van der Waals surface area contributed by atoms with Crippen molar-refractivity contribution in [1.82, 2.24) is 0 Å². The van der Waals surface area contributed by atoms with E-state index in [-0.39, 0.29) is 12.1 Å². The summed E-state index contributed by atoms with van der Waals surface area (Å²) in [6.45, 7) is 4.14. The Morgan fingerprint density at radius 3 is 2.14 bits per heavy atom. The minimum Gasteiger partial charge on any atom is -0.328 e. The van der Waals surface area contributed by atoms with Crippen molar-refractivity contribution in [2.24, 2.45) is 11.5 Å². The maximum absolute atomic E-state index is 6.01. The predicted octanol–water partition coefficient (Wildman–Crippen LogP) is 1.99. The van der Waals surface area contributed by atoms with Crippen LogP contribution in [0, 0.1) is 0 Å². The normalized spacial score (nSPS) is 15.1. The van der Waals surface area contributed by atoms with Crippen LogP contribution in [0.1, 0.15) is 37.4 Å². The van der Waals surface area contributed by atoms with Gasteiger partial charge >= 0.3 is 0 Å². The lowest BCUT2D eigenvalue weighted by Crippen LogP contribution is -2.23. The van der Waals surface area contributed by atoms with E-state index in [0.29, 0.717) is 0 Å². The molecular weight excluding hydrogens is 172 g/mol. The van der Waals surface area contributed by atoms with Crippen molar-refractivity contribution in [1.29, 1.82) is 0 Å². The Balaban J connectivity index is 2.66. The molecule has 1 aromatic carbocycles. The Morgan fingerprint density at radius 1 is 1.14 bits per heavy atom. The van der Waals surface area contributed by atoms with Crippen LogP contribution in [0.2, 0.25) is 0 Å². The molecule has 0 aliphatic carbocycles. The van der Waals surface area contributed by atoms with Gasteiger partial charge in [0.1, 0.15) is 0 Å². The highest BCUT2D eigenvalue weighted by Gasteiger charge is 2.07. The van der Waals surface area contributed by atoms with Crippen LogP contribution in [-0.2, 0) is 6.42 Å². The first-order valence-corrected chi connectivity index (χ1v) is 5.23. The van der Waals surface area contributed by atoms with Gasteiger partial charge in [-0.15, -0.1) is 0 Å².